The number of hydrogen-bond acceptors (Lipinski definition) is 3. The van der Waals surface area contributed by atoms with Crippen molar-refractivity contribution in [3.63, 3.8) is 0 Å². The predicted octanol–water partition coefficient (Wildman–Crippen LogP) is 0.827. The van der Waals surface area contributed by atoms with Crippen molar-refractivity contribution >= 4 is 11.9 Å². The molecular formula is C13H22N2O3. The molecule has 0 spiro atoms. The van der Waals surface area contributed by atoms with Crippen LogP contribution in [0.25, 0.3) is 0 Å². The van der Waals surface area contributed by atoms with Gasteiger partial charge in [-0.1, -0.05) is 0 Å². The Kier molecular flexibility index (Phi) is 4.22. The van der Waals surface area contributed by atoms with Gasteiger partial charge in [0.2, 0.25) is 5.91 Å². The summed E-state index contributed by atoms with van der Waals surface area (Å²) in [5.41, 5.74) is 5.64. The zero-order valence-corrected chi connectivity index (χ0v) is 10.7. The predicted molar refractivity (Wildman–Crippen MR) is 66.9 cm³/mol. The molecule has 5 heteroatoms. The van der Waals surface area contributed by atoms with E-state index in [-0.39, 0.29) is 11.8 Å². The van der Waals surface area contributed by atoms with Gasteiger partial charge in [-0.2, -0.15) is 0 Å². The van der Waals surface area contributed by atoms with Crippen molar-refractivity contribution in [2.45, 2.75) is 44.6 Å². The number of carbonyl (C=O) groups is 2. The van der Waals surface area contributed by atoms with Crippen molar-refractivity contribution in [1.29, 1.82) is 0 Å². The van der Waals surface area contributed by atoms with Crippen LogP contribution >= 0.6 is 0 Å². The number of aliphatic carboxylic acids is 1. The van der Waals surface area contributed by atoms with Crippen molar-refractivity contribution < 1.29 is 14.7 Å². The summed E-state index contributed by atoms with van der Waals surface area (Å²) >= 11 is 0. The molecule has 1 saturated heterocycles. The molecule has 1 saturated carbocycles. The Bertz CT molecular complexity index is 324. The third-order valence-electron chi connectivity index (χ3n) is 4.35. The quantitative estimate of drug-likeness (QED) is 0.781. The van der Waals surface area contributed by atoms with Crippen LogP contribution in [-0.4, -0.2) is 41.0 Å². The SMILES string of the molecule is NCC1CCC(C(=O)N2CCC[C@@H]2C(=O)O)CC1. The minimum atomic E-state index is -0.864. The summed E-state index contributed by atoms with van der Waals surface area (Å²) in [5.74, 6) is -0.248. The summed E-state index contributed by atoms with van der Waals surface area (Å²) < 4.78 is 0. The zero-order chi connectivity index (χ0) is 13.1. The van der Waals surface area contributed by atoms with E-state index >= 15 is 0 Å². The van der Waals surface area contributed by atoms with Crippen LogP contribution in [0.4, 0.5) is 0 Å². The molecule has 1 aliphatic heterocycles. The van der Waals surface area contributed by atoms with Crippen LogP contribution in [-0.2, 0) is 9.59 Å². The maximum absolute atomic E-state index is 12.3. The van der Waals surface area contributed by atoms with E-state index in [0.717, 1.165) is 32.1 Å². The second-order valence-corrected chi connectivity index (χ2v) is 5.48. The van der Waals surface area contributed by atoms with Crippen LogP contribution in [0.3, 0.4) is 0 Å². The van der Waals surface area contributed by atoms with Gasteiger partial charge in [0.25, 0.3) is 0 Å². The minimum absolute atomic E-state index is 0.0211. The van der Waals surface area contributed by atoms with Crippen LogP contribution in [0.15, 0.2) is 0 Å². The Morgan fingerprint density at radius 2 is 1.83 bits per heavy atom. The fraction of sp³-hybridized carbons (Fsp3) is 0.846. The van der Waals surface area contributed by atoms with Crippen molar-refractivity contribution in [2.24, 2.45) is 17.6 Å². The molecule has 0 bridgehead atoms. The van der Waals surface area contributed by atoms with Gasteiger partial charge >= 0.3 is 5.97 Å². The molecule has 0 unspecified atom stereocenters. The lowest BCUT2D eigenvalue weighted by atomic mass is 9.81. The minimum Gasteiger partial charge on any atom is -0.480 e. The number of carboxylic acids is 1. The molecule has 1 aliphatic carbocycles. The summed E-state index contributed by atoms with van der Waals surface area (Å²) in [7, 11) is 0. The molecular weight excluding hydrogens is 232 g/mol. The highest BCUT2D eigenvalue weighted by Gasteiger charge is 2.37. The van der Waals surface area contributed by atoms with E-state index in [4.69, 9.17) is 10.8 Å². The van der Waals surface area contributed by atoms with Gasteiger partial charge in [0.1, 0.15) is 6.04 Å². The molecule has 1 heterocycles. The first-order valence-corrected chi connectivity index (χ1v) is 6.86. The zero-order valence-electron chi connectivity index (χ0n) is 10.7. The van der Waals surface area contributed by atoms with Gasteiger partial charge in [-0.3, -0.25) is 4.79 Å². The van der Waals surface area contributed by atoms with E-state index in [0.29, 0.717) is 25.4 Å². The standard InChI is InChI=1S/C13H22N2O3/c14-8-9-3-5-10(6-4-9)12(16)15-7-1-2-11(15)13(17)18/h9-11H,1-8,14H2,(H,17,18)/t9?,10?,11-/m1/s1. The summed E-state index contributed by atoms with van der Waals surface area (Å²) in [6, 6.07) is -0.593. The van der Waals surface area contributed by atoms with Crippen LogP contribution in [0.2, 0.25) is 0 Å². The lowest BCUT2D eigenvalue weighted by Crippen LogP contribution is -2.44. The molecule has 2 rings (SSSR count). The van der Waals surface area contributed by atoms with Gasteiger partial charge in [0.15, 0.2) is 0 Å². The lowest BCUT2D eigenvalue weighted by Gasteiger charge is -2.31. The van der Waals surface area contributed by atoms with Gasteiger partial charge in [-0.15, -0.1) is 0 Å². The van der Waals surface area contributed by atoms with Gasteiger partial charge in [-0.25, -0.2) is 4.79 Å². The number of carboxylic acid groups (broad SMARTS) is 1. The Labute approximate surface area is 107 Å². The number of amides is 1. The molecule has 2 aliphatic rings. The number of hydrogen-bond donors (Lipinski definition) is 2. The van der Waals surface area contributed by atoms with E-state index in [2.05, 4.69) is 0 Å². The first-order chi connectivity index (χ1) is 8.63. The second kappa shape index (κ2) is 5.69. The molecule has 3 N–H and O–H groups in total. The number of carbonyl (C=O) groups excluding carboxylic acids is 1. The van der Waals surface area contributed by atoms with Crippen LogP contribution < -0.4 is 5.73 Å². The van der Waals surface area contributed by atoms with E-state index in [9.17, 15) is 9.59 Å². The topological polar surface area (TPSA) is 83.6 Å². The second-order valence-electron chi connectivity index (χ2n) is 5.48. The molecule has 2 fully saturated rings. The van der Waals surface area contributed by atoms with Crippen molar-refractivity contribution in [3.05, 3.63) is 0 Å². The molecule has 0 aromatic rings. The van der Waals surface area contributed by atoms with E-state index in [1.165, 1.54) is 0 Å². The number of likely N-dealkylation sites (tertiary alicyclic amines) is 1. The Morgan fingerprint density at radius 3 is 2.39 bits per heavy atom. The monoisotopic (exact) mass is 254 g/mol. The normalized spacial score (nSPS) is 32.5. The maximum Gasteiger partial charge on any atom is 0.326 e. The molecule has 0 radical (unpaired) electrons. The first kappa shape index (κ1) is 13.3. The average Bonchev–Trinajstić information content (AvgIpc) is 2.87. The van der Waals surface area contributed by atoms with Gasteiger partial charge in [-0.05, 0) is 51.0 Å². The maximum atomic E-state index is 12.3. The fourth-order valence-corrected chi connectivity index (χ4v) is 3.17. The highest BCUT2D eigenvalue weighted by atomic mass is 16.4. The van der Waals surface area contributed by atoms with Gasteiger partial charge in [0, 0.05) is 12.5 Å². The fourth-order valence-electron chi connectivity index (χ4n) is 3.17. The van der Waals surface area contributed by atoms with Crippen molar-refractivity contribution in [2.75, 3.05) is 13.1 Å². The van der Waals surface area contributed by atoms with E-state index < -0.39 is 12.0 Å². The summed E-state index contributed by atoms with van der Waals surface area (Å²) in [5, 5.41) is 9.10. The summed E-state index contributed by atoms with van der Waals surface area (Å²) in [6.07, 6.45) is 5.13. The van der Waals surface area contributed by atoms with E-state index in [1.54, 1.807) is 4.90 Å². The highest BCUT2D eigenvalue weighted by molar-refractivity contribution is 5.85. The molecule has 0 aromatic carbocycles. The summed E-state index contributed by atoms with van der Waals surface area (Å²) in [6.45, 7) is 1.30. The largest absolute Gasteiger partial charge is 0.480 e. The first-order valence-electron chi connectivity index (χ1n) is 6.86. The number of rotatable bonds is 3. The van der Waals surface area contributed by atoms with Crippen molar-refractivity contribution in [1.82, 2.24) is 4.90 Å². The molecule has 5 nitrogen and oxygen atoms in total. The number of nitrogens with two attached hydrogens (primary N) is 1. The molecule has 1 amide bonds. The van der Waals surface area contributed by atoms with Crippen LogP contribution in [0.1, 0.15) is 38.5 Å². The van der Waals surface area contributed by atoms with Crippen molar-refractivity contribution in [3.8, 4) is 0 Å². The molecule has 102 valence electrons. The Hall–Kier alpha value is -1.10. The van der Waals surface area contributed by atoms with Crippen LogP contribution in [0, 0.1) is 11.8 Å². The Balaban J connectivity index is 1.93. The third-order valence-corrected chi connectivity index (χ3v) is 4.35. The lowest BCUT2D eigenvalue weighted by molar-refractivity contribution is -0.150. The highest BCUT2D eigenvalue weighted by Crippen LogP contribution is 2.31. The number of nitrogens with zero attached hydrogens (tertiary/aromatic N) is 1. The summed E-state index contributed by atoms with van der Waals surface area (Å²) in [4.78, 5) is 25.0. The van der Waals surface area contributed by atoms with Crippen LogP contribution in [0.5, 0.6) is 0 Å². The average molecular weight is 254 g/mol. The van der Waals surface area contributed by atoms with Gasteiger partial charge < -0.3 is 15.7 Å². The molecule has 18 heavy (non-hydrogen) atoms. The smallest absolute Gasteiger partial charge is 0.326 e. The molecule has 1 atom stereocenters. The van der Waals surface area contributed by atoms with Gasteiger partial charge in [0.05, 0.1) is 0 Å². The molecule has 0 aromatic heterocycles. The Morgan fingerprint density at radius 1 is 1.17 bits per heavy atom. The van der Waals surface area contributed by atoms with E-state index in [1.807, 2.05) is 0 Å². The third kappa shape index (κ3) is 2.66.